The van der Waals surface area contributed by atoms with E-state index in [2.05, 4.69) is 10.4 Å². The van der Waals surface area contributed by atoms with E-state index in [-0.39, 0.29) is 5.69 Å². The molecule has 0 saturated heterocycles. The molecule has 3 heterocycles. The summed E-state index contributed by atoms with van der Waals surface area (Å²) in [5.41, 5.74) is 1.92. The van der Waals surface area contributed by atoms with Crippen LogP contribution in [0.25, 0.3) is 17.1 Å². The molecule has 1 N–H and O–H groups in total. The van der Waals surface area contributed by atoms with E-state index in [1.165, 1.54) is 16.8 Å². The van der Waals surface area contributed by atoms with Crippen molar-refractivity contribution in [3.63, 3.8) is 0 Å². The zero-order valence-corrected chi connectivity index (χ0v) is 12.4. The molecule has 0 radical (unpaired) electrons. The summed E-state index contributed by atoms with van der Waals surface area (Å²) in [5.74, 6) is 0.140. The Morgan fingerprint density at radius 2 is 2.09 bits per heavy atom. The number of hydrogen-bond acceptors (Lipinski definition) is 3. The van der Waals surface area contributed by atoms with Crippen molar-refractivity contribution in [3.8, 4) is 17.1 Å². The molecule has 0 spiro atoms. The second-order valence-electron chi connectivity index (χ2n) is 5.54. The molecule has 1 aliphatic heterocycles. The quantitative estimate of drug-likeness (QED) is 0.772. The predicted molar refractivity (Wildman–Crippen MR) is 82.6 cm³/mol. The monoisotopic (exact) mass is 315 g/mol. The number of furan rings is 1. The Morgan fingerprint density at radius 3 is 2.87 bits per heavy atom. The maximum absolute atomic E-state index is 14.2. The second kappa shape index (κ2) is 5.53. The summed E-state index contributed by atoms with van der Waals surface area (Å²) in [6, 6.07) is 7.13. The van der Waals surface area contributed by atoms with Gasteiger partial charge < -0.3 is 9.73 Å². The van der Waals surface area contributed by atoms with Crippen molar-refractivity contribution in [1.29, 1.82) is 0 Å². The number of anilines is 1. The Hall–Kier alpha value is -2.63. The number of nitrogens with one attached hydrogen (secondary N) is 1. The van der Waals surface area contributed by atoms with E-state index in [1.54, 1.807) is 12.3 Å². The number of hydrogen-bond donors (Lipinski definition) is 1. The predicted octanol–water partition coefficient (Wildman–Crippen LogP) is 4.16. The highest BCUT2D eigenvalue weighted by Gasteiger charge is 2.24. The van der Waals surface area contributed by atoms with Crippen molar-refractivity contribution in [3.05, 3.63) is 53.8 Å². The Bertz CT molecular complexity index is 840. The maximum Gasteiger partial charge on any atom is 0.154 e. The van der Waals surface area contributed by atoms with Gasteiger partial charge in [-0.15, -0.1) is 0 Å². The molecule has 118 valence electrons. The summed E-state index contributed by atoms with van der Waals surface area (Å²) in [4.78, 5) is 0. The Kier molecular flexibility index (Phi) is 3.37. The first-order valence-corrected chi connectivity index (χ1v) is 7.59. The molecule has 0 fully saturated rings. The van der Waals surface area contributed by atoms with E-state index in [4.69, 9.17) is 4.42 Å². The van der Waals surface area contributed by atoms with Crippen molar-refractivity contribution in [1.82, 2.24) is 9.78 Å². The van der Waals surface area contributed by atoms with Gasteiger partial charge in [0.2, 0.25) is 0 Å². The van der Waals surface area contributed by atoms with E-state index in [9.17, 15) is 8.78 Å². The Balaban J connectivity index is 1.93. The van der Waals surface area contributed by atoms with E-state index in [0.717, 1.165) is 43.3 Å². The first-order valence-electron chi connectivity index (χ1n) is 7.59. The average Bonchev–Trinajstić information content (AvgIpc) is 3.10. The van der Waals surface area contributed by atoms with Gasteiger partial charge in [-0.25, -0.2) is 13.5 Å². The van der Waals surface area contributed by atoms with Crippen LogP contribution in [0.3, 0.4) is 0 Å². The first-order chi connectivity index (χ1) is 11.2. The lowest BCUT2D eigenvalue weighted by atomic mass is 10.1. The normalized spacial score (nSPS) is 14.2. The molecule has 0 saturated carbocycles. The molecule has 0 amide bonds. The minimum atomic E-state index is -0.646. The number of fused-ring (bicyclic) bond motifs is 1. The van der Waals surface area contributed by atoms with Crippen LogP contribution in [0.1, 0.15) is 18.4 Å². The van der Waals surface area contributed by atoms with Crippen LogP contribution in [0, 0.1) is 11.6 Å². The van der Waals surface area contributed by atoms with Gasteiger partial charge in [0.25, 0.3) is 0 Å². The van der Waals surface area contributed by atoms with Gasteiger partial charge in [-0.3, -0.25) is 0 Å². The van der Waals surface area contributed by atoms with Crippen LogP contribution in [0.2, 0.25) is 0 Å². The zero-order valence-electron chi connectivity index (χ0n) is 12.4. The van der Waals surface area contributed by atoms with Crippen molar-refractivity contribution in [2.24, 2.45) is 0 Å². The Labute approximate surface area is 131 Å². The molecular formula is C17H15F2N3O. The molecule has 2 aromatic heterocycles. The van der Waals surface area contributed by atoms with E-state index < -0.39 is 11.6 Å². The molecule has 3 aromatic rings. The number of rotatable bonds is 2. The lowest BCUT2D eigenvalue weighted by Crippen LogP contribution is -2.08. The van der Waals surface area contributed by atoms with Crippen molar-refractivity contribution >= 4 is 5.82 Å². The summed E-state index contributed by atoms with van der Waals surface area (Å²) < 4.78 is 34.4. The van der Waals surface area contributed by atoms with E-state index in [1.807, 2.05) is 6.07 Å². The van der Waals surface area contributed by atoms with Gasteiger partial charge in [0.1, 0.15) is 23.0 Å². The SMILES string of the molecule is Fc1ccc(-n2nc(-c3ccco3)c3c2NCCCC3)c(F)c1. The van der Waals surface area contributed by atoms with Gasteiger partial charge in [0.15, 0.2) is 11.6 Å². The highest BCUT2D eigenvalue weighted by molar-refractivity contribution is 5.68. The van der Waals surface area contributed by atoms with Gasteiger partial charge in [0.05, 0.1) is 6.26 Å². The fourth-order valence-electron chi connectivity index (χ4n) is 2.94. The minimum absolute atomic E-state index is 0.217. The van der Waals surface area contributed by atoms with Crippen LogP contribution >= 0.6 is 0 Å². The Morgan fingerprint density at radius 1 is 1.17 bits per heavy atom. The molecule has 0 atom stereocenters. The molecule has 0 bridgehead atoms. The number of benzene rings is 1. The van der Waals surface area contributed by atoms with Gasteiger partial charge in [-0.05, 0) is 43.5 Å². The number of nitrogens with zero attached hydrogens (tertiary/aromatic N) is 2. The molecule has 4 nitrogen and oxygen atoms in total. The molecular weight excluding hydrogens is 300 g/mol. The molecule has 0 unspecified atom stereocenters. The van der Waals surface area contributed by atoms with Crippen LogP contribution in [0.5, 0.6) is 0 Å². The summed E-state index contributed by atoms with van der Waals surface area (Å²) in [5, 5.41) is 7.85. The lowest BCUT2D eigenvalue weighted by Gasteiger charge is -2.10. The molecule has 1 aromatic carbocycles. The van der Waals surface area contributed by atoms with Crippen molar-refractivity contribution < 1.29 is 13.2 Å². The highest BCUT2D eigenvalue weighted by Crippen LogP contribution is 2.34. The second-order valence-corrected chi connectivity index (χ2v) is 5.54. The van der Waals surface area contributed by atoms with Crippen molar-refractivity contribution in [2.45, 2.75) is 19.3 Å². The fraction of sp³-hybridized carbons (Fsp3) is 0.235. The molecule has 23 heavy (non-hydrogen) atoms. The topological polar surface area (TPSA) is 43.0 Å². The zero-order chi connectivity index (χ0) is 15.8. The van der Waals surface area contributed by atoms with Gasteiger partial charge in [0, 0.05) is 18.2 Å². The van der Waals surface area contributed by atoms with Crippen LogP contribution in [-0.4, -0.2) is 16.3 Å². The largest absolute Gasteiger partial charge is 0.463 e. The summed E-state index contributed by atoms with van der Waals surface area (Å²) >= 11 is 0. The molecule has 6 heteroatoms. The van der Waals surface area contributed by atoms with Gasteiger partial charge in [-0.1, -0.05) is 0 Å². The summed E-state index contributed by atoms with van der Waals surface area (Å²) in [6.07, 6.45) is 4.47. The van der Waals surface area contributed by atoms with E-state index >= 15 is 0 Å². The van der Waals surface area contributed by atoms with Crippen LogP contribution in [-0.2, 0) is 6.42 Å². The third kappa shape index (κ3) is 2.40. The molecule has 1 aliphatic rings. The average molecular weight is 315 g/mol. The smallest absolute Gasteiger partial charge is 0.154 e. The molecule has 0 aliphatic carbocycles. The number of halogens is 2. The minimum Gasteiger partial charge on any atom is -0.463 e. The first kappa shape index (κ1) is 14.0. The third-order valence-corrected chi connectivity index (χ3v) is 4.02. The third-order valence-electron chi connectivity index (χ3n) is 4.02. The maximum atomic E-state index is 14.2. The van der Waals surface area contributed by atoms with Gasteiger partial charge in [-0.2, -0.15) is 5.10 Å². The van der Waals surface area contributed by atoms with Gasteiger partial charge >= 0.3 is 0 Å². The number of aromatic nitrogens is 2. The highest BCUT2D eigenvalue weighted by atomic mass is 19.1. The van der Waals surface area contributed by atoms with Crippen LogP contribution in [0.15, 0.2) is 41.0 Å². The fourth-order valence-corrected chi connectivity index (χ4v) is 2.94. The van der Waals surface area contributed by atoms with Crippen LogP contribution in [0.4, 0.5) is 14.6 Å². The molecule has 4 rings (SSSR count). The lowest BCUT2D eigenvalue weighted by molar-refractivity contribution is 0.570. The summed E-state index contributed by atoms with van der Waals surface area (Å²) in [7, 11) is 0. The summed E-state index contributed by atoms with van der Waals surface area (Å²) in [6.45, 7) is 0.791. The van der Waals surface area contributed by atoms with E-state index in [0.29, 0.717) is 11.5 Å². The van der Waals surface area contributed by atoms with Crippen LogP contribution < -0.4 is 5.32 Å². The van der Waals surface area contributed by atoms with Crippen molar-refractivity contribution in [2.75, 3.05) is 11.9 Å². The standard InChI is InChI=1S/C17H15F2N3O/c18-11-6-7-14(13(19)10-11)22-17-12(4-1-2-8-20-17)16(21-22)15-5-3-9-23-15/h3,5-7,9-10,20H,1-2,4,8H2.